The number of nitrogens with one attached hydrogen (secondary N) is 1. The summed E-state index contributed by atoms with van der Waals surface area (Å²) in [5.74, 6) is -0.663. The van der Waals surface area contributed by atoms with Crippen molar-refractivity contribution in [2.24, 2.45) is 5.41 Å². The van der Waals surface area contributed by atoms with E-state index in [0.717, 1.165) is 59.0 Å². The number of hydrogen-bond donors (Lipinski definition) is 2. The maximum Gasteiger partial charge on any atom is 0.319 e. The lowest BCUT2D eigenvalue weighted by Gasteiger charge is -2.31. The van der Waals surface area contributed by atoms with E-state index in [9.17, 15) is 23.1 Å². The van der Waals surface area contributed by atoms with E-state index in [1.54, 1.807) is 19.2 Å². The summed E-state index contributed by atoms with van der Waals surface area (Å²) in [5, 5.41) is 11.4. The molecule has 43 heavy (non-hydrogen) atoms. The number of carboxylic acid groups (broad SMARTS) is 1. The van der Waals surface area contributed by atoms with Crippen LogP contribution in [-0.2, 0) is 21.5 Å². The summed E-state index contributed by atoms with van der Waals surface area (Å²) in [6.07, 6.45) is 7.33. The van der Waals surface area contributed by atoms with Crippen LogP contribution in [0.15, 0.2) is 42.5 Å². The highest BCUT2D eigenvalue weighted by Gasteiger charge is 2.55. The van der Waals surface area contributed by atoms with Gasteiger partial charge in [-0.05, 0) is 72.8 Å². The molecule has 0 spiro atoms. The SMILES string of the molecule is COc1ccc2c(c1)C1=CC1(C(=O)O)Cn1c-2c(C2CCCCC2)c2ccc(C(=O)NS(=O)(=O)N3CCN(C)CC3)cc21. The van der Waals surface area contributed by atoms with Crippen LogP contribution in [0.5, 0.6) is 5.75 Å². The van der Waals surface area contributed by atoms with Crippen LogP contribution in [0.3, 0.4) is 0 Å². The van der Waals surface area contributed by atoms with E-state index in [2.05, 4.69) is 9.29 Å². The van der Waals surface area contributed by atoms with Gasteiger partial charge in [0.25, 0.3) is 5.91 Å². The summed E-state index contributed by atoms with van der Waals surface area (Å²) in [4.78, 5) is 28.2. The fourth-order valence-electron chi connectivity index (χ4n) is 7.28. The van der Waals surface area contributed by atoms with Crippen molar-refractivity contribution in [3.63, 3.8) is 0 Å². The van der Waals surface area contributed by atoms with Crippen LogP contribution in [0.2, 0.25) is 0 Å². The third-order valence-corrected chi connectivity index (χ3v) is 11.2. The van der Waals surface area contributed by atoms with Gasteiger partial charge in [-0.2, -0.15) is 12.7 Å². The van der Waals surface area contributed by atoms with Crippen molar-refractivity contribution in [3.8, 4) is 17.0 Å². The molecule has 7 rings (SSSR count). The molecule has 4 aliphatic rings. The number of amides is 1. The van der Waals surface area contributed by atoms with Crippen LogP contribution in [0.25, 0.3) is 27.7 Å². The van der Waals surface area contributed by atoms with Gasteiger partial charge in [-0.15, -0.1) is 0 Å². The number of aromatic nitrogens is 1. The fourth-order valence-corrected chi connectivity index (χ4v) is 8.40. The molecule has 3 aromatic rings. The number of fused-ring (bicyclic) bond motifs is 7. The van der Waals surface area contributed by atoms with Crippen molar-refractivity contribution in [3.05, 3.63) is 59.2 Å². The lowest BCUT2D eigenvalue weighted by Crippen LogP contribution is -2.52. The molecule has 11 heteroatoms. The number of nitrogens with zero attached hydrogens (tertiary/aromatic N) is 3. The lowest BCUT2D eigenvalue weighted by molar-refractivity contribution is -0.142. The first-order valence-electron chi connectivity index (χ1n) is 15.0. The third-order valence-electron chi connectivity index (χ3n) is 9.75. The highest BCUT2D eigenvalue weighted by Crippen LogP contribution is 2.59. The zero-order valence-corrected chi connectivity index (χ0v) is 25.2. The second kappa shape index (κ2) is 10.2. The molecular weight excluding hydrogens is 568 g/mol. The number of piperazine rings is 1. The van der Waals surface area contributed by atoms with Crippen molar-refractivity contribution in [2.45, 2.75) is 44.6 Å². The maximum atomic E-state index is 13.4. The molecular formula is C32H36N4O6S. The van der Waals surface area contributed by atoms with Crippen LogP contribution in [0, 0.1) is 5.41 Å². The minimum absolute atomic E-state index is 0.192. The highest BCUT2D eigenvalue weighted by atomic mass is 32.2. The molecule has 2 aliphatic heterocycles. The first kappa shape index (κ1) is 28.1. The standard InChI is InChI=1S/C32H36N4O6S/c1-34-12-14-35(15-13-34)43(40,41)33-30(37)21-8-10-24-27(16-21)36-19-32(31(38)39)18-26(32)25-17-22(42-2)9-11-23(25)29(36)28(24)20-6-4-3-5-7-20/h8-11,16-18,20H,3-7,12-15,19H2,1-2H3,(H,33,37)(H,38,39). The number of carbonyl (C=O) groups excluding carboxylic acids is 1. The van der Waals surface area contributed by atoms with Crippen LogP contribution < -0.4 is 9.46 Å². The summed E-state index contributed by atoms with van der Waals surface area (Å²) in [6.45, 7) is 2.00. The normalized spacial score (nSPS) is 22.6. The minimum Gasteiger partial charge on any atom is -0.497 e. The van der Waals surface area contributed by atoms with Gasteiger partial charge in [0.2, 0.25) is 0 Å². The molecule has 1 amide bonds. The maximum absolute atomic E-state index is 13.4. The van der Waals surface area contributed by atoms with Crippen molar-refractivity contribution < 1.29 is 27.9 Å². The van der Waals surface area contributed by atoms with Gasteiger partial charge in [0.1, 0.15) is 11.2 Å². The van der Waals surface area contributed by atoms with Crippen LogP contribution in [0.4, 0.5) is 0 Å². The van der Waals surface area contributed by atoms with Crippen molar-refractivity contribution >= 4 is 38.6 Å². The average molecular weight is 605 g/mol. The number of carbonyl (C=O) groups is 2. The van der Waals surface area contributed by atoms with Crippen LogP contribution in [0.1, 0.15) is 59.5 Å². The predicted octanol–water partition coefficient (Wildman–Crippen LogP) is 4.07. The van der Waals surface area contributed by atoms with E-state index in [1.165, 1.54) is 16.3 Å². The second-order valence-corrected chi connectivity index (χ2v) is 14.0. The molecule has 2 aliphatic carbocycles. The molecule has 10 nitrogen and oxygen atoms in total. The number of carboxylic acids is 1. The summed E-state index contributed by atoms with van der Waals surface area (Å²) < 4.78 is 37.3. The Morgan fingerprint density at radius 2 is 1.74 bits per heavy atom. The molecule has 2 fully saturated rings. The third kappa shape index (κ3) is 4.56. The number of hydrogen-bond acceptors (Lipinski definition) is 6. The number of benzene rings is 2. The van der Waals surface area contributed by atoms with E-state index in [-0.39, 0.29) is 12.1 Å². The lowest BCUT2D eigenvalue weighted by atomic mass is 9.81. The van der Waals surface area contributed by atoms with E-state index >= 15 is 0 Å². The first-order chi connectivity index (χ1) is 20.6. The van der Waals surface area contributed by atoms with Crippen molar-refractivity contribution in [1.82, 2.24) is 18.5 Å². The molecule has 1 unspecified atom stereocenters. The number of ether oxygens (including phenoxy) is 1. The van der Waals surface area contributed by atoms with Gasteiger partial charge in [-0.3, -0.25) is 9.59 Å². The van der Waals surface area contributed by atoms with E-state index in [1.807, 2.05) is 42.3 Å². The zero-order valence-electron chi connectivity index (χ0n) is 24.4. The minimum atomic E-state index is -4.01. The van der Waals surface area contributed by atoms with Crippen molar-refractivity contribution in [2.75, 3.05) is 40.3 Å². The highest BCUT2D eigenvalue weighted by molar-refractivity contribution is 7.87. The first-order valence-corrected chi connectivity index (χ1v) is 16.4. The molecule has 1 saturated carbocycles. The summed E-state index contributed by atoms with van der Waals surface area (Å²) >= 11 is 0. The van der Waals surface area contributed by atoms with E-state index in [4.69, 9.17) is 4.74 Å². The molecule has 2 N–H and O–H groups in total. The Morgan fingerprint density at radius 1 is 1.00 bits per heavy atom. The molecule has 1 atom stereocenters. The number of aliphatic carboxylic acids is 1. The average Bonchev–Trinajstić information content (AvgIpc) is 3.68. The number of methoxy groups -OCH3 is 1. The Morgan fingerprint density at radius 3 is 2.44 bits per heavy atom. The Labute approximate surface area is 251 Å². The largest absolute Gasteiger partial charge is 0.497 e. The molecule has 226 valence electrons. The number of rotatable bonds is 6. The van der Waals surface area contributed by atoms with Crippen LogP contribution in [-0.4, -0.2) is 79.5 Å². The van der Waals surface area contributed by atoms with Gasteiger partial charge >= 0.3 is 16.2 Å². The monoisotopic (exact) mass is 604 g/mol. The zero-order chi connectivity index (χ0) is 30.1. The van der Waals surface area contributed by atoms with Crippen molar-refractivity contribution in [1.29, 1.82) is 0 Å². The Hall–Kier alpha value is -3.67. The summed E-state index contributed by atoms with van der Waals surface area (Å²) in [6, 6.07) is 11.2. The Balaban J connectivity index is 1.37. The molecule has 1 aromatic heterocycles. The van der Waals surface area contributed by atoms with Gasteiger partial charge < -0.3 is 19.3 Å². The van der Waals surface area contributed by atoms with Crippen LogP contribution >= 0.6 is 0 Å². The fraction of sp³-hybridized carbons (Fsp3) is 0.438. The molecule has 0 radical (unpaired) electrons. The summed E-state index contributed by atoms with van der Waals surface area (Å²) in [5.41, 5.74) is 4.54. The topological polar surface area (TPSA) is 121 Å². The Kier molecular flexibility index (Phi) is 6.68. The van der Waals surface area contributed by atoms with Gasteiger partial charge in [-0.25, -0.2) is 4.72 Å². The smallest absolute Gasteiger partial charge is 0.319 e. The molecule has 0 bridgehead atoms. The van der Waals surface area contributed by atoms with Gasteiger partial charge in [0.05, 0.1) is 12.8 Å². The molecule has 1 saturated heterocycles. The van der Waals surface area contributed by atoms with E-state index in [0.29, 0.717) is 37.8 Å². The number of likely N-dealkylation sites (N-methyl/N-ethyl adjacent to an activating group) is 1. The predicted molar refractivity (Wildman–Crippen MR) is 163 cm³/mol. The molecule has 3 heterocycles. The summed E-state index contributed by atoms with van der Waals surface area (Å²) in [7, 11) is -0.474. The second-order valence-electron chi connectivity index (χ2n) is 12.3. The quantitative estimate of drug-likeness (QED) is 0.435. The van der Waals surface area contributed by atoms with Gasteiger partial charge in [0, 0.05) is 54.8 Å². The Bertz CT molecular complexity index is 1800. The molecule has 2 aromatic carbocycles. The van der Waals surface area contributed by atoms with E-state index < -0.39 is 27.5 Å². The van der Waals surface area contributed by atoms with Gasteiger partial charge in [-0.1, -0.05) is 31.4 Å². The van der Waals surface area contributed by atoms with Gasteiger partial charge in [0.15, 0.2) is 0 Å².